The summed E-state index contributed by atoms with van der Waals surface area (Å²) in [6.07, 6.45) is -0.463. The Kier molecular flexibility index (Phi) is 2.27. The van der Waals surface area contributed by atoms with Crippen molar-refractivity contribution >= 4 is 11.0 Å². The van der Waals surface area contributed by atoms with Gasteiger partial charge in [-0.05, 0) is 35.6 Å². The number of hydrogen-bond acceptors (Lipinski definition) is 1. The molecular weight excluding hydrogens is 316 g/mol. The van der Waals surface area contributed by atoms with Crippen LogP contribution in [0.2, 0.25) is 0 Å². The van der Waals surface area contributed by atoms with Crippen LogP contribution in [0.3, 0.4) is 0 Å². The van der Waals surface area contributed by atoms with E-state index in [2.05, 4.69) is 0 Å². The molecule has 0 aliphatic rings. The molecule has 0 N–H and O–H groups in total. The Labute approximate surface area is 169 Å². The van der Waals surface area contributed by atoms with Crippen LogP contribution < -0.4 is 0 Å². The van der Waals surface area contributed by atoms with E-state index in [0.717, 1.165) is 0 Å². The van der Waals surface area contributed by atoms with Crippen LogP contribution >= 0.6 is 0 Å². The molecule has 2 nitrogen and oxygen atoms in total. The van der Waals surface area contributed by atoms with Crippen molar-refractivity contribution in [2.24, 2.45) is 0 Å². The quantitative estimate of drug-likeness (QED) is 0.417. The van der Waals surface area contributed by atoms with Crippen molar-refractivity contribution in [3.05, 3.63) is 83.9 Å². The van der Waals surface area contributed by atoms with Gasteiger partial charge in [0.2, 0.25) is 0 Å². The van der Waals surface area contributed by atoms with Crippen LogP contribution in [0, 0.1) is 0 Å². The number of imidazole rings is 1. The highest BCUT2D eigenvalue weighted by Crippen LogP contribution is 2.34. The number of fused-ring (bicyclic) bond motifs is 1. The van der Waals surface area contributed by atoms with Crippen LogP contribution in [0.25, 0.3) is 28.1 Å². The molecule has 0 unspecified atom stereocenters. The molecule has 0 fully saturated rings. The van der Waals surface area contributed by atoms with Gasteiger partial charge in [0.05, 0.1) is 16.7 Å². The summed E-state index contributed by atoms with van der Waals surface area (Å²) < 4.78 is 82.6. The molecule has 26 heavy (non-hydrogen) atoms. The minimum absolute atomic E-state index is 0.0310. The molecule has 1 heterocycles. The van der Waals surface area contributed by atoms with Crippen LogP contribution in [-0.2, 0) is 6.42 Å². The normalized spacial score (nSPS) is 18.9. The Morgan fingerprint density at radius 2 is 1.77 bits per heavy atom. The molecule has 4 aromatic rings. The van der Waals surface area contributed by atoms with Gasteiger partial charge in [0.15, 0.2) is 0 Å². The molecule has 0 atom stereocenters. The van der Waals surface area contributed by atoms with Crippen molar-refractivity contribution in [3.63, 3.8) is 0 Å². The average molecular weight is 351 g/mol. The smallest absolute Gasteiger partial charge is 0.145 e. The number of nitrogens with zero attached hydrogens (tertiary/aromatic N) is 2. The Bertz CT molecular complexity index is 1370. The van der Waals surface area contributed by atoms with E-state index in [1.807, 2.05) is 6.07 Å². The fraction of sp³-hybridized carbons (Fsp3) is 0.208. The molecule has 3 aromatic carbocycles. The van der Waals surface area contributed by atoms with Crippen LogP contribution in [0.4, 0.5) is 0 Å². The first-order valence-corrected chi connectivity index (χ1v) is 8.31. The van der Waals surface area contributed by atoms with Gasteiger partial charge in [-0.15, -0.1) is 0 Å². The number of aryl methyl sites for hydroxylation is 1. The minimum Gasteiger partial charge on any atom is -0.292 e. The van der Waals surface area contributed by atoms with Crippen LogP contribution in [0.5, 0.6) is 0 Å². The first-order chi connectivity index (χ1) is 16.6. The molecule has 130 valence electrons. The third-order valence-corrected chi connectivity index (χ3v) is 4.40. The van der Waals surface area contributed by atoms with Crippen molar-refractivity contribution in [1.82, 2.24) is 9.55 Å². The van der Waals surface area contributed by atoms with Crippen LogP contribution in [0.15, 0.2) is 72.8 Å². The molecule has 0 spiro atoms. The van der Waals surface area contributed by atoms with Gasteiger partial charge in [-0.2, -0.15) is 0 Å². The highest BCUT2D eigenvalue weighted by atomic mass is 15.1. The Hall–Kier alpha value is -2.87. The SMILES string of the molecule is [2H]C([2H])([2H])Cc1cccc(C([2H])(C([2H])([2H])[2H])C([2H])([2H])[2H])c1-n1c(-c2ccccc2)nc2ccccc21. The lowest BCUT2D eigenvalue weighted by atomic mass is 9.96. The fourth-order valence-electron chi connectivity index (χ4n) is 3.23. The predicted molar refractivity (Wildman–Crippen MR) is 110 cm³/mol. The van der Waals surface area contributed by atoms with Crippen molar-refractivity contribution in [2.75, 3.05) is 0 Å². The molecule has 0 aliphatic carbocycles. The summed E-state index contributed by atoms with van der Waals surface area (Å²) in [6.45, 7) is -8.95. The van der Waals surface area contributed by atoms with E-state index in [1.165, 1.54) is 18.2 Å². The zero-order chi connectivity index (χ0) is 26.5. The largest absolute Gasteiger partial charge is 0.292 e. The van der Waals surface area contributed by atoms with E-state index >= 15 is 0 Å². The maximum atomic E-state index is 8.92. The number of hydrogen-bond donors (Lipinski definition) is 0. The molecule has 0 aliphatic heterocycles. The van der Waals surface area contributed by atoms with Gasteiger partial charge < -0.3 is 0 Å². The lowest BCUT2D eigenvalue weighted by Crippen LogP contribution is -2.07. The van der Waals surface area contributed by atoms with Crippen LogP contribution in [0.1, 0.15) is 51.3 Å². The Morgan fingerprint density at radius 3 is 2.58 bits per heavy atom. The third-order valence-electron chi connectivity index (χ3n) is 4.40. The molecule has 0 amide bonds. The van der Waals surface area contributed by atoms with Gasteiger partial charge in [0.25, 0.3) is 0 Å². The van der Waals surface area contributed by atoms with Crippen molar-refractivity contribution in [1.29, 1.82) is 0 Å². The van der Waals surface area contributed by atoms with E-state index in [4.69, 9.17) is 18.7 Å². The van der Waals surface area contributed by atoms with Gasteiger partial charge >= 0.3 is 0 Å². The molecule has 4 rings (SSSR count). The second-order valence-electron chi connectivity index (χ2n) is 5.99. The molecule has 0 saturated carbocycles. The number of para-hydroxylation sites is 3. The topological polar surface area (TPSA) is 17.8 Å². The van der Waals surface area contributed by atoms with Gasteiger partial charge in [-0.1, -0.05) is 81.2 Å². The fourth-order valence-corrected chi connectivity index (χ4v) is 3.23. The molecule has 1 aromatic heterocycles. The highest BCUT2D eigenvalue weighted by Gasteiger charge is 2.19. The van der Waals surface area contributed by atoms with Gasteiger partial charge in [-0.3, -0.25) is 4.57 Å². The summed E-state index contributed by atoms with van der Waals surface area (Å²) in [6, 6.07) is 20.3. The number of benzene rings is 3. The van der Waals surface area contributed by atoms with Crippen LogP contribution in [-0.4, -0.2) is 9.55 Å². The Balaban J connectivity index is 2.21. The van der Waals surface area contributed by atoms with E-state index in [-0.39, 0.29) is 16.8 Å². The first-order valence-electron chi connectivity index (χ1n) is 13.3. The van der Waals surface area contributed by atoms with E-state index < -0.39 is 32.9 Å². The predicted octanol–water partition coefficient (Wildman–Crippen LogP) is 6.38. The summed E-state index contributed by atoms with van der Waals surface area (Å²) in [5, 5.41) is 0. The van der Waals surface area contributed by atoms with Gasteiger partial charge in [0, 0.05) is 19.3 Å². The van der Waals surface area contributed by atoms with Gasteiger partial charge in [0.1, 0.15) is 5.82 Å². The lowest BCUT2D eigenvalue weighted by Gasteiger charge is -2.20. The van der Waals surface area contributed by atoms with Crippen molar-refractivity contribution < 1.29 is 13.7 Å². The van der Waals surface area contributed by atoms with Crippen molar-refractivity contribution in [3.8, 4) is 17.1 Å². The second-order valence-corrected chi connectivity index (χ2v) is 5.99. The van der Waals surface area contributed by atoms with E-state index in [9.17, 15) is 0 Å². The average Bonchev–Trinajstić information content (AvgIpc) is 3.15. The maximum absolute atomic E-state index is 8.92. The molecule has 2 heteroatoms. The summed E-state index contributed by atoms with van der Waals surface area (Å²) in [5.41, 5.74) is 1.63. The maximum Gasteiger partial charge on any atom is 0.145 e. The molecule has 0 radical (unpaired) electrons. The van der Waals surface area contributed by atoms with Gasteiger partial charge in [-0.25, -0.2) is 4.98 Å². The van der Waals surface area contributed by atoms with E-state index in [0.29, 0.717) is 22.4 Å². The summed E-state index contributed by atoms with van der Waals surface area (Å²) in [7, 11) is 0. The third kappa shape index (κ3) is 2.72. The zero-order valence-electron chi connectivity index (χ0n) is 24.0. The summed E-state index contributed by atoms with van der Waals surface area (Å²) in [5.74, 6) is -2.67. The highest BCUT2D eigenvalue weighted by molar-refractivity contribution is 5.84. The number of rotatable bonds is 4. The summed E-state index contributed by atoms with van der Waals surface area (Å²) >= 11 is 0. The molecule has 0 saturated heterocycles. The first kappa shape index (κ1) is 8.68. The molecular formula is C24H24N2. The van der Waals surface area contributed by atoms with E-state index in [1.54, 1.807) is 53.1 Å². The number of aromatic nitrogens is 2. The standard InChI is InChI=1S/C24H24N2/c1-4-18-13-10-14-20(17(2)3)23(18)26-22-16-9-8-15-21(22)25-24(26)19-11-6-5-7-12-19/h5-17H,4H2,1-3H3/i1D3,2D3,3D3,17D. The summed E-state index contributed by atoms with van der Waals surface area (Å²) in [4.78, 5) is 4.72. The molecule has 0 bridgehead atoms. The Morgan fingerprint density at radius 1 is 0.962 bits per heavy atom. The monoisotopic (exact) mass is 350 g/mol. The lowest BCUT2D eigenvalue weighted by molar-refractivity contribution is 0.843. The second kappa shape index (κ2) is 6.80. The zero-order valence-corrected chi connectivity index (χ0v) is 14.0. The van der Waals surface area contributed by atoms with Crippen molar-refractivity contribution in [2.45, 2.75) is 32.9 Å². The minimum atomic E-state index is -3.26.